The zero-order chi connectivity index (χ0) is 104. The minimum absolute atomic E-state index is 0. The summed E-state index contributed by atoms with van der Waals surface area (Å²) in [4.78, 5) is 5.04. The summed E-state index contributed by atoms with van der Waals surface area (Å²) >= 11 is 0. The first kappa shape index (κ1) is 103. The van der Waals surface area contributed by atoms with Crippen LogP contribution in [0, 0.1) is 6.92 Å². The van der Waals surface area contributed by atoms with Gasteiger partial charge < -0.3 is 9.80 Å². The van der Waals surface area contributed by atoms with Gasteiger partial charge in [0.15, 0.2) is 0 Å². The van der Waals surface area contributed by atoms with Gasteiger partial charge in [-0.15, -0.1) is 0 Å². The maximum Gasteiger partial charge on any atom is 0.0474 e. The predicted molar refractivity (Wildman–Crippen MR) is 638 cm³/mol. The SMILES string of the molecule is C.C.CC(C)(C)c1ccc2c(c1)C(C)(C)c1cc(-c3cc(N(c4ccccc4)c4ccc5c(c4)C(C)(C)c4cc(C(C)(C)C)ccc4-5)cc(-c4ccc5c(c4)C(C)(C)c4cc(C(C)(C)C)ccc4-5)c3C(C)(C)C)ccc1-2.Cc1c(-c2ccc3c(c2)C(C)(C)c2cc(C(C)(C)C)ccc2-3)cc(N(c2ccccc2)c2ccc3c(c2)C(C)(C)c2cc(C(C)(C)C)ccc2-3)cc1-c1ccc2c(c1)C(C)(C)c1cc(C(C)(C)C)ccc1-2. The molecule has 0 saturated carbocycles. The van der Waals surface area contributed by atoms with Gasteiger partial charge in [-0.2, -0.15) is 0 Å². The number of anilines is 6. The summed E-state index contributed by atoms with van der Waals surface area (Å²) in [5.41, 5.74) is 60.1. The molecule has 0 heterocycles. The van der Waals surface area contributed by atoms with Crippen LogP contribution in [0.3, 0.4) is 0 Å². The molecule has 16 aromatic rings. The summed E-state index contributed by atoms with van der Waals surface area (Å²) in [6.45, 7) is 80.5. The molecule has 147 heavy (non-hydrogen) atoms. The van der Waals surface area contributed by atoms with Gasteiger partial charge in [0.1, 0.15) is 0 Å². The summed E-state index contributed by atoms with van der Waals surface area (Å²) in [6, 6.07) is 119. The Morgan fingerprint density at radius 1 is 0.156 bits per heavy atom. The van der Waals surface area contributed by atoms with Crippen LogP contribution in [-0.4, -0.2) is 0 Å². The van der Waals surface area contributed by atoms with Crippen molar-refractivity contribution >= 4 is 34.1 Å². The highest BCUT2D eigenvalue weighted by Crippen LogP contribution is 2.62. The quantitative estimate of drug-likeness (QED) is 0.135. The Balaban J connectivity index is 0.000000183. The Hall–Kier alpha value is -12.9. The molecular formula is C145H160N2. The molecule has 0 saturated heterocycles. The topological polar surface area (TPSA) is 6.48 Å². The fourth-order valence-corrected chi connectivity index (χ4v) is 25.6. The lowest BCUT2D eigenvalue weighted by atomic mass is 9.75. The van der Waals surface area contributed by atoms with E-state index < -0.39 is 0 Å². The molecular weight excluding hydrogens is 1770 g/mol. The van der Waals surface area contributed by atoms with E-state index in [0.29, 0.717) is 0 Å². The molecule has 750 valence electrons. The van der Waals surface area contributed by atoms with Crippen molar-refractivity contribution in [3.63, 3.8) is 0 Å². The molecule has 0 spiro atoms. The minimum atomic E-state index is -0.214. The van der Waals surface area contributed by atoms with Crippen molar-refractivity contribution < 1.29 is 0 Å². The Bertz CT molecular complexity index is 7750. The average Bonchev–Trinajstić information content (AvgIpc) is 1.64. The molecule has 0 amide bonds. The van der Waals surface area contributed by atoms with Gasteiger partial charge in [0.05, 0.1) is 0 Å². The van der Waals surface area contributed by atoms with Crippen molar-refractivity contribution in [1.29, 1.82) is 0 Å². The van der Waals surface area contributed by atoms with E-state index in [1.165, 1.54) is 223 Å². The number of fused-ring (bicyclic) bond motifs is 18. The average molecular weight is 1930 g/mol. The van der Waals surface area contributed by atoms with E-state index in [-0.39, 0.29) is 85.2 Å². The second kappa shape index (κ2) is 34.6. The summed E-state index contributed by atoms with van der Waals surface area (Å²) in [6.07, 6.45) is 0. The van der Waals surface area contributed by atoms with Gasteiger partial charge in [-0.1, -0.05) is 450 Å². The second-order valence-electron chi connectivity index (χ2n) is 54.0. The highest BCUT2D eigenvalue weighted by Gasteiger charge is 2.46. The molecule has 2 nitrogen and oxygen atoms in total. The van der Waals surface area contributed by atoms with Crippen LogP contribution in [-0.2, 0) is 70.4 Å². The number of para-hydroxylation sites is 2. The smallest absolute Gasteiger partial charge is 0.0474 e. The molecule has 22 rings (SSSR count). The van der Waals surface area contributed by atoms with Crippen LogP contribution in [0.25, 0.3) is 111 Å². The van der Waals surface area contributed by atoms with E-state index in [9.17, 15) is 0 Å². The third kappa shape index (κ3) is 16.8. The fourth-order valence-electron chi connectivity index (χ4n) is 25.6. The third-order valence-electron chi connectivity index (χ3n) is 34.8. The number of benzene rings is 16. The summed E-state index contributed by atoms with van der Waals surface area (Å²) in [5.74, 6) is 0. The maximum atomic E-state index is 2.55. The third-order valence-corrected chi connectivity index (χ3v) is 34.8. The summed E-state index contributed by atoms with van der Waals surface area (Å²) in [7, 11) is 0. The lowest BCUT2D eigenvalue weighted by Crippen LogP contribution is -2.19. The van der Waals surface area contributed by atoms with Gasteiger partial charge in [0, 0.05) is 66.6 Å². The Kier molecular flexibility index (Phi) is 24.2. The standard InChI is InChI=1S/C73H79N.C70H73N.2CH4/c1-67(2,3)46-26-32-54-52-30-24-44(36-60(52)71(13,14)62(54)38-46)58-41-51(42-59(66(58)70(10,11)12)45-25-31-53-55-33-27-47(68(4,5)6)39-63(55)72(15,16)61(53)37-45)74(49-22-20-19-21-23-49)50-29-35-57-56-34-28-48(69(7,8)9)40-64(56)73(17,18)65(57)43-50;1-42-57(43-22-28-51-53-30-24-45(65(2,3)4)36-61(53)68(11,12)59(51)34-43)39-50(40-58(42)44-23-29-52-54-31-25-46(66(5,6)7)37-62(54)69(13,14)60(52)35-44)71(48-20-18-17-19-21-48)49-27-33-56-55-32-26-47(67(8,9)10)38-63(55)70(15,16)64(56)41-49;;/h19-43H,1-18H3;17-41H,1-16H3;2*1H4. The van der Waals surface area contributed by atoms with E-state index in [0.717, 1.165) is 34.1 Å². The first-order valence-corrected chi connectivity index (χ1v) is 53.6. The van der Waals surface area contributed by atoms with E-state index in [4.69, 9.17) is 0 Å². The number of nitrogens with zero attached hydrogens (tertiary/aromatic N) is 2. The van der Waals surface area contributed by atoms with Crippen molar-refractivity contribution in [3.05, 3.63) is 415 Å². The molecule has 0 radical (unpaired) electrons. The van der Waals surface area contributed by atoms with Crippen LogP contribution in [0.15, 0.2) is 303 Å². The summed E-state index contributed by atoms with van der Waals surface area (Å²) < 4.78 is 0. The Morgan fingerprint density at radius 2 is 0.333 bits per heavy atom. The van der Waals surface area contributed by atoms with Gasteiger partial charge in [-0.3, -0.25) is 0 Å². The summed E-state index contributed by atoms with van der Waals surface area (Å²) in [5, 5.41) is 0. The van der Waals surface area contributed by atoms with E-state index in [2.05, 4.69) is 549 Å². The minimum Gasteiger partial charge on any atom is -0.310 e. The zero-order valence-electron chi connectivity index (χ0n) is 93.3. The van der Waals surface area contributed by atoms with Gasteiger partial charge in [-0.05, 0) is 364 Å². The van der Waals surface area contributed by atoms with Crippen LogP contribution in [0.4, 0.5) is 34.1 Å². The molecule has 0 unspecified atom stereocenters. The second-order valence-corrected chi connectivity index (χ2v) is 54.0. The molecule has 6 aliphatic carbocycles. The Morgan fingerprint density at radius 3 is 0.537 bits per heavy atom. The van der Waals surface area contributed by atoms with Crippen LogP contribution < -0.4 is 9.80 Å². The van der Waals surface area contributed by atoms with Crippen molar-refractivity contribution in [3.8, 4) is 111 Å². The molecule has 0 N–H and O–H groups in total. The van der Waals surface area contributed by atoms with E-state index in [1.807, 2.05) is 0 Å². The maximum absolute atomic E-state index is 2.55. The van der Waals surface area contributed by atoms with Gasteiger partial charge in [-0.25, -0.2) is 0 Å². The van der Waals surface area contributed by atoms with Crippen molar-refractivity contribution in [2.75, 3.05) is 9.80 Å². The molecule has 16 aromatic carbocycles. The molecule has 0 aromatic heterocycles. The number of hydrogen-bond donors (Lipinski definition) is 0. The monoisotopic (exact) mass is 1930 g/mol. The highest BCUT2D eigenvalue weighted by molar-refractivity contribution is 5.98. The van der Waals surface area contributed by atoms with Gasteiger partial charge in [0.2, 0.25) is 0 Å². The molecule has 0 aliphatic heterocycles. The number of hydrogen-bond acceptors (Lipinski definition) is 2. The lowest BCUT2D eigenvalue weighted by molar-refractivity contribution is 0.584. The van der Waals surface area contributed by atoms with Crippen LogP contribution in [0.2, 0.25) is 0 Å². The van der Waals surface area contributed by atoms with Crippen LogP contribution >= 0.6 is 0 Å². The fraction of sp³-hybridized carbons (Fsp3) is 0.338. The lowest BCUT2D eigenvalue weighted by Gasteiger charge is -2.33. The predicted octanol–water partition coefficient (Wildman–Crippen LogP) is 41.5. The van der Waals surface area contributed by atoms with Gasteiger partial charge >= 0.3 is 0 Å². The first-order chi connectivity index (χ1) is 67.7. The first-order valence-electron chi connectivity index (χ1n) is 53.6. The van der Waals surface area contributed by atoms with Gasteiger partial charge in [0.25, 0.3) is 0 Å². The molecule has 6 aliphatic rings. The van der Waals surface area contributed by atoms with E-state index >= 15 is 0 Å². The van der Waals surface area contributed by atoms with Crippen LogP contribution in [0.1, 0.15) is 355 Å². The molecule has 0 fully saturated rings. The zero-order valence-corrected chi connectivity index (χ0v) is 93.3. The van der Waals surface area contributed by atoms with Crippen molar-refractivity contribution in [1.82, 2.24) is 0 Å². The molecule has 0 atom stereocenters. The Labute approximate surface area is 884 Å². The highest BCUT2D eigenvalue weighted by atomic mass is 15.1. The van der Waals surface area contributed by atoms with Crippen LogP contribution in [0.5, 0.6) is 0 Å². The molecule has 2 heteroatoms. The van der Waals surface area contributed by atoms with E-state index in [1.54, 1.807) is 0 Å². The van der Waals surface area contributed by atoms with Crippen molar-refractivity contribution in [2.24, 2.45) is 0 Å². The number of rotatable bonds is 10. The molecule has 0 bridgehead atoms. The van der Waals surface area contributed by atoms with Crippen molar-refractivity contribution in [2.45, 2.75) is 321 Å². The normalized spacial score (nSPS) is 15.5. The largest absolute Gasteiger partial charge is 0.310 e.